The fourth-order valence-corrected chi connectivity index (χ4v) is 4.30. The Balaban J connectivity index is 1.77. The van der Waals surface area contributed by atoms with Crippen molar-refractivity contribution < 1.29 is 9.47 Å². The van der Waals surface area contributed by atoms with Gasteiger partial charge in [-0.15, -0.1) is 0 Å². The van der Waals surface area contributed by atoms with Crippen LogP contribution in [0.4, 0.5) is 0 Å². The van der Waals surface area contributed by atoms with Crippen molar-refractivity contribution in [2.24, 2.45) is 0 Å². The fraction of sp³-hybridized carbons (Fsp3) is 0.571. The molecular weight excluding hydrogens is 368 g/mol. The Bertz CT molecular complexity index is 791. The van der Waals surface area contributed by atoms with Gasteiger partial charge in [-0.1, -0.05) is 34.9 Å². The summed E-state index contributed by atoms with van der Waals surface area (Å²) in [5.41, 5.74) is 8.15. The minimum Gasteiger partial charge on any atom is -0.496 e. The van der Waals surface area contributed by atoms with Crippen LogP contribution in [0.1, 0.15) is 89.3 Å². The molecule has 1 aliphatic rings. The molecule has 0 fully saturated rings. The second-order valence-electron chi connectivity index (χ2n) is 9.14. The van der Waals surface area contributed by atoms with Gasteiger partial charge in [-0.2, -0.15) is 0 Å². The smallest absolute Gasteiger partial charge is 0.125 e. The van der Waals surface area contributed by atoms with E-state index in [9.17, 15) is 0 Å². The van der Waals surface area contributed by atoms with Gasteiger partial charge < -0.3 is 9.47 Å². The molecule has 0 aromatic heterocycles. The summed E-state index contributed by atoms with van der Waals surface area (Å²) in [4.78, 5) is 0. The molecule has 1 aliphatic heterocycles. The first-order valence-electron chi connectivity index (χ1n) is 11.6. The summed E-state index contributed by atoms with van der Waals surface area (Å²) in [7, 11) is 1.75. The molecule has 0 saturated carbocycles. The minimum absolute atomic E-state index is 0.325. The number of hydrogen-bond donors (Lipinski definition) is 0. The SMILES string of the molecule is COc1c(C)cc2c(c1C)CCC(CC/C=C(\C)CC/C=C(\C)CCC=C(C)C)O2. The predicted molar refractivity (Wildman–Crippen MR) is 130 cm³/mol. The van der Waals surface area contributed by atoms with Crippen LogP contribution in [0.3, 0.4) is 0 Å². The van der Waals surface area contributed by atoms with Gasteiger partial charge in [-0.25, -0.2) is 0 Å². The molecule has 0 aliphatic carbocycles. The molecule has 0 spiro atoms. The number of aryl methyl sites for hydroxylation is 1. The van der Waals surface area contributed by atoms with Crippen molar-refractivity contribution in [3.63, 3.8) is 0 Å². The number of fused-ring (bicyclic) bond motifs is 1. The molecule has 1 aromatic carbocycles. The molecule has 0 amide bonds. The van der Waals surface area contributed by atoms with Crippen LogP contribution in [0.2, 0.25) is 0 Å². The molecule has 1 unspecified atom stereocenters. The maximum absolute atomic E-state index is 6.34. The molecule has 0 N–H and O–H groups in total. The quantitative estimate of drug-likeness (QED) is 0.362. The van der Waals surface area contributed by atoms with Gasteiger partial charge in [0.25, 0.3) is 0 Å². The van der Waals surface area contributed by atoms with Gasteiger partial charge >= 0.3 is 0 Å². The minimum atomic E-state index is 0.325. The first-order chi connectivity index (χ1) is 14.3. The highest BCUT2D eigenvalue weighted by molar-refractivity contribution is 5.53. The highest BCUT2D eigenvalue weighted by Gasteiger charge is 2.23. The van der Waals surface area contributed by atoms with Crippen LogP contribution in [0, 0.1) is 13.8 Å². The van der Waals surface area contributed by atoms with Crippen LogP contribution in [0.15, 0.2) is 41.0 Å². The van der Waals surface area contributed by atoms with E-state index in [4.69, 9.17) is 9.47 Å². The number of benzene rings is 1. The summed E-state index contributed by atoms with van der Waals surface area (Å²) in [6.07, 6.45) is 16.5. The second-order valence-corrected chi connectivity index (χ2v) is 9.14. The van der Waals surface area contributed by atoms with E-state index in [1.165, 1.54) is 34.3 Å². The van der Waals surface area contributed by atoms with Crippen molar-refractivity contribution in [1.82, 2.24) is 0 Å². The van der Waals surface area contributed by atoms with E-state index in [1.54, 1.807) is 7.11 Å². The molecule has 0 bridgehead atoms. The van der Waals surface area contributed by atoms with E-state index in [1.807, 2.05) is 0 Å². The standard InChI is InChI=1S/C28H42O2/c1-20(2)11-8-12-21(3)13-9-14-22(4)15-10-16-25-17-18-26-24(6)28(29-7)23(5)19-27(26)30-25/h11,13,15,19,25H,8-10,12,14,16-18H2,1-7H3/b21-13+,22-15+. The van der Waals surface area contributed by atoms with Gasteiger partial charge in [-0.05, 0) is 110 Å². The molecule has 2 nitrogen and oxygen atoms in total. The summed E-state index contributed by atoms with van der Waals surface area (Å²) >= 11 is 0. The van der Waals surface area contributed by atoms with E-state index in [2.05, 4.69) is 65.8 Å². The normalized spacial score (nSPS) is 16.7. The Hall–Kier alpha value is -1.96. The number of allylic oxidation sites excluding steroid dienone is 6. The van der Waals surface area contributed by atoms with Gasteiger partial charge in [0.05, 0.1) is 13.2 Å². The zero-order valence-corrected chi connectivity index (χ0v) is 20.4. The molecule has 0 saturated heterocycles. The summed E-state index contributed by atoms with van der Waals surface area (Å²) in [5, 5.41) is 0. The number of methoxy groups -OCH3 is 1. The number of ether oxygens (including phenoxy) is 2. The summed E-state index contributed by atoms with van der Waals surface area (Å²) in [5.74, 6) is 2.08. The Morgan fingerprint density at radius 1 is 1.00 bits per heavy atom. The molecule has 1 atom stereocenters. The first kappa shape index (κ1) is 24.3. The van der Waals surface area contributed by atoms with Crippen LogP contribution in [0.5, 0.6) is 11.5 Å². The van der Waals surface area contributed by atoms with Gasteiger partial charge in [0.1, 0.15) is 11.5 Å². The monoisotopic (exact) mass is 410 g/mol. The lowest BCUT2D eigenvalue weighted by Crippen LogP contribution is -2.23. The molecule has 2 heteroatoms. The molecule has 1 aromatic rings. The molecule has 166 valence electrons. The van der Waals surface area contributed by atoms with Crippen molar-refractivity contribution in [3.8, 4) is 11.5 Å². The van der Waals surface area contributed by atoms with E-state index in [0.717, 1.165) is 62.0 Å². The maximum Gasteiger partial charge on any atom is 0.125 e. The summed E-state index contributed by atoms with van der Waals surface area (Å²) in [6, 6.07) is 2.15. The lowest BCUT2D eigenvalue weighted by atomic mass is 9.93. The Morgan fingerprint density at radius 2 is 1.63 bits per heavy atom. The largest absolute Gasteiger partial charge is 0.496 e. The Morgan fingerprint density at radius 3 is 2.27 bits per heavy atom. The summed E-state index contributed by atoms with van der Waals surface area (Å²) < 4.78 is 11.9. The lowest BCUT2D eigenvalue weighted by molar-refractivity contribution is 0.164. The van der Waals surface area contributed by atoms with E-state index in [-0.39, 0.29) is 0 Å². The van der Waals surface area contributed by atoms with Gasteiger partial charge in [0, 0.05) is 5.56 Å². The van der Waals surface area contributed by atoms with Crippen LogP contribution in [0.25, 0.3) is 0 Å². The summed E-state index contributed by atoms with van der Waals surface area (Å²) in [6.45, 7) is 13.1. The number of rotatable bonds is 10. The second kappa shape index (κ2) is 12.0. The zero-order valence-electron chi connectivity index (χ0n) is 20.4. The predicted octanol–water partition coefficient (Wildman–Crippen LogP) is 8.21. The first-order valence-corrected chi connectivity index (χ1v) is 11.6. The Labute approximate surface area is 185 Å². The van der Waals surface area contributed by atoms with E-state index >= 15 is 0 Å². The highest BCUT2D eigenvalue weighted by atomic mass is 16.5. The third kappa shape index (κ3) is 7.38. The zero-order chi connectivity index (χ0) is 22.1. The van der Waals surface area contributed by atoms with Crippen molar-refractivity contribution in [3.05, 3.63) is 57.7 Å². The molecule has 0 radical (unpaired) electrons. The Kier molecular flexibility index (Phi) is 9.75. The maximum atomic E-state index is 6.34. The van der Waals surface area contributed by atoms with Crippen molar-refractivity contribution in [1.29, 1.82) is 0 Å². The highest BCUT2D eigenvalue weighted by Crippen LogP contribution is 2.38. The van der Waals surface area contributed by atoms with Crippen molar-refractivity contribution in [2.45, 2.75) is 99.0 Å². The van der Waals surface area contributed by atoms with E-state index in [0.29, 0.717) is 6.10 Å². The molecule has 30 heavy (non-hydrogen) atoms. The number of hydrogen-bond acceptors (Lipinski definition) is 2. The van der Waals surface area contributed by atoms with Crippen LogP contribution in [-0.4, -0.2) is 13.2 Å². The fourth-order valence-electron chi connectivity index (χ4n) is 4.30. The lowest BCUT2D eigenvalue weighted by Gasteiger charge is -2.28. The van der Waals surface area contributed by atoms with Crippen LogP contribution < -0.4 is 9.47 Å². The topological polar surface area (TPSA) is 18.5 Å². The average Bonchev–Trinajstić information content (AvgIpc) is 2.68. The third-order valence-electron chi connectivity index (χ3n) is 6.11. The molecule has 1 heterocycles. The van der Waals surface area contributed by atoms with Crippen LogP contribution >= 0.6 is 0 Å². The van der Waals surface area contributed by atoms with Crippen molar-refractivity contribution in [2.75, 3.05) is 7.11 Å². The third-order valence-corrected chi connectivity index (χ3v) is 6.11. The average molecular weight is 411 g/mol. The molecular formula is C28H42O2. The van der Waals surface area contributed by atoms with Crippen molar-refractivity contribution >= 4 is 0 Å². The molecule has 2 rings (SSSR count). The van der Waals surface area contributed by atoms with Crippen LogP contribution in [-0.2, 0) is 6.42 Å². The van der Waals surface area contributed by atoms with Gasteiger partial charge in [-0.3, -0.25) is 0 Å². The van der Waals surface area contributed by atoms with E-state index < -0.39 is 0 Å². The van der Waals surface area contributed by atoms with Gasteiger partial charge in [0.15, 0.2) is 0 Å². The van der Waals surface area contributed by atoms with Gasteiger partial charge in [0.2, 0.25) is 0 Å².